The summed E-state index contributed by atoms with van der Waals surface area (Å²) in [5.74, 6) is -0.968. The molecule has 0 unspecified atom stereocenters. The Hall–Kier alpha value is -1.85. The number of ether oxygens (including phenoxy) is 1. The molecule has 4 nitrogen and oxygen atoms in total. The second-order valence-electron chi connectivity index (χ2n) is 3.52. The number of hydrogen-bond donors (Lipinski definition) is 0. The zero-order valence-electron chi connectivity index (χ0n) is 9.27. The highest BCUT2D eigenvalue weighted by Crippen LogP contribution is 2.37. The van der Waals surface area contributed by atoms with Crippen molar-refractivity contribution in [3.05, 3.63) is 62.4 Å². The van der Waals surface area contributed by atoms with Crippen molar-refractivity contribution < 1.29 is 14.1 Å². The summed E-state index contributed by atoms with van der Waals surface area (Å²) in [7, 11) is 0. The molecule has 0 saturated carbocycles. The van der Waals surface area contributed by atoms with E-state index in [0.717, 1.165) is 18.2 Å². The molecule has 0 aliphatic rings. The largest absolute Gasteiger partial charge is 0.451 e. The van der Waals surface area contributed by atoms with Gasteiger partial charge in [-0.05, 0) is 18.2 Å². The van der Waals surface area contributed by atoms with E-state index in [9.17, 15) is 14.5 Å². The van der Waals surface area contributed by atoms with Crippen molar-refractivity contribution >= 4 is 28.9 Å². The molecule has 0 radical (unpaired) electrons. The summed E-state index contributed by atoms with van der Waals surface area (Å²) in [4.78, 5) is 9.79. The molecule has 19 heavy (non-hydrogen) atoms. The number of nitrogens with zero attached hydrogens (tertiary/aromatic N) is 1. The van der Waals surface area contributed by atoms with Crippen LogP contribution >= 0.6 is 23.2 Å². The summed E-state index contributed by atoms with van der Waals surface area (Å²) < 4.78 is 18.9. The minimum absolute atomic E-state index is 0.0959. The Morgan fingerprint density at radius 2 is 1.79 bits per heavy atom. The SMILES string of the molecule is O=[N+]([O-])c1ccc(Oc2c(Cl)cccc2Cl)c(F)c1. The van der Waals surface area contributed by atoms with E-state index >= 15 is 0 Å². The van der Waals surface area contributed by atoms with Gasteiger partial charge in [0.15, 0.2) is 17.3 Å². The van der Waals surface area contributed by atoms with Crippen molar-refractivity contribution in [2.75, 3.05) is 0 Å². The molecule has 0 amide bonds. The lowest BCUT2D eigenvalue weighted by Crippen LogP contribution is -1.93. The summed E-state index contributed by atoms with van der Waals surface area (Å²) in [5.41, 5.74) is -0.366. The summed E-state index contributed by atoms with van der Waals surface area (Å²) in [6, 6.07) is 7.72. The van der Waals surface area contributed by atoms with Crippen LogP contribution in [-0.2, 0) is 0 Å². The van der Waals surface area contributed by atoms with Gasteiger partial charge in [0.2, 0.25) is 0 Å². The van der Waals surface area contributed by atoms with E-state index in [4.69, 9.17) is 27.9 Å². The van der Waals surface area contributed by atoms with E-state index in [1.165, 1.54) is 12.1 Å². The van der Waals surface area contributed by atoms with E-state index in [1.54, 1.807) is 6.07 Å². The van der Waals surface area contributed by atoms with Crippen LogP contribution in [0.2, 0.25) is 10.0 Å². The van der Waals surface area contributed by atoms with Gasteiger partial charge in [-0.1, -0.05) is 29.3 Å². The molecule has 0 aliphatic heterocycles. The fourth-order valence-electron chi connectivity index (χ4n) is 1.38. The molecule has 0 heterocycles. The molecule has 2 rings (SSSR count). The topological polar surface area (TPSA) is 52.4 Å². The highest BCUT2D eigenvalue weighted by molar-refractivity contribution is 6.37. The highest BCUT2D eigenvalue weighted by atomic mass is 35.5. The predicted octanol–water partition coefficient (Wildman–Crippen LogP) is 4.83. The summed E-state index contributed by atoms with van der Waals surface area (Å²) in [6.45, 7) is 0. The maximum absolute atomic E-state index is 13.6. The Balaban J connectivity index is 2.36. The second kappa shape index (κ2) is 5.42. The molecule has 0 aromatic heterocycles. The quantitative estimate of drug-likeness (QED) is 0.602. The normalized spacial score (nSPS) is 10.3. The van der Waals surface area contributed by atoms with Crippen LogP contribution < -0.4 is 4.74 Å². The van der Waals surface area contributed by atoms with Crippen LogP contribution in [0.25, 0.3) is 0 Å². The van der Waals surface area contributed by atoms with E-state index in [-0.39, 0.29) is 27.2 Å². The van der Waals surface area contributed by atoms with Gasteiger partial charge in [0.25, 0.3) is 5.69 Å². The number of benzene rings is 2. The Bertz CT molecular complexity index is 629. The van der Waals surface area contributed by atoms with Gasteiger partial charge in [-0.15, -0.1) is 0 Å². The molecule has 98 valence electrons. The molecule has 0 atom stereocenters. The van der Waals surface area contributed by atoms with Crippen LogP contribution in [0.1, 0.15) is 0 Å². The van der Waals surface area contributed by atoms with Crippen LogP contribution in [0.4, 0.5) is 10.1 Å². The molecule has 2 aromatic rings. The third-order valence-electron chi connectivity index (χ3n) is 2.26. The van der Waals surface area contributed by atoms with Gasteiger partial charge >= 0.3 is 0 Å². The summed E-state index contributed by atoms with van der Waals surface area (Å²) in [5, 5.41) is 10.9. The van der Waals surface area contributed by atoms with Crippen molar-refractivity contribution in [3.63, 3.8) is 0 Å². The first-order valence-corrected chi connectivity index (χ1v) is 5.80. The minimum atomic E-state index is -0.870. The fourth-order valence-corrected chi connectivity index (χ4v) is 1.85. The van der Waals surface area contributed by atoms with Gasteiger partial charge in [-0.25, -0.2) is 4.39 Å². The van der Waals surface area contributed by atoms with Crippen molar-refractivity contribution in [2.24, 2.45) is 0 Å². The number of hydrogen-bond acceptors (Lipinski definition) is 3. The zero-order chi connectivity index (χ0) is 14.0. The molecule has 0 saturated heterocycles. The minimum Gasteiger partial charge on any atom is -0.451 e. The molecule has 2 aromatic carbocycles. The van der Waals surface area contributed by atoms with Crippen molar-refractivity contribution in [1.82, 2.24) is 0 Å². The van der Waals surface area contributed by atoms with Gasteiger partial charge in [0, 0.05) is 6.07 Å². The monoisotopic (exact) mass is 301 g/mol. The Morgan fingerprint density at radius 1 is 1.16 bits per heavy atom. The number of para-hydroxylation sites is 1. The maximum atomic E-state index is 13.6. The average Bonchev–Trinajstić information content (AvgIpc) is 2.35. The van der Waals surface area contributed by atoms with E-state index in [2.05, 4.69) is 0 Å². The lowest BCUT2D eigenvalue weighted by molar-refractivity contribution is -0.385. The smallest absolute Gasteiger partial charge is 0.272 e. The third kappa shape index (κ3) is 2.94. The van der Waals surface area contributed by atoms with E-state index in [0.29, 0.717) is 0 Å². The van der Waals surface area contributed by atoms with Crippen LogP contribution in [0.3, 0.4) is 0 Å². The first kappa shape index (κ1) is 13.6. The molecule has 0 aliphatic carbocycles. The Labute approximate surface area is 117 Å². The van der Waals surface area contributed by atoms with Crippen LogP contribution in [0, 0.1) is 15.9 Å². The molecule has 0 spiro atoms. The number of rotatable bonds is 3. The Morgan fingerprint density at radius 3 is 2.32 bits per heavy atom. The van der Waals surface area contributed by atoms with Gasteiger partial charge in [0.1, 0.15) is 0 Å². The fraction of sp³-hybridized carbons (Fsp3) is 0. The second-order valence-corrected chi connectivity index (χ2v) is 4.34. The van der Waals surface area contributed by atoms with Crippen molar-refractivity contribution in [1.29, 1.82) is 0 Å². The van der Waals surface area contributed by atoms with Gasteiger partial charge in [-0.2, -0.15) is 0 Å². The molecular weight excluding hydrogens is 296 g/mol. The van der Waals surface area contributed by atoms with Crippen LogP contribution in [-0.4, -0.2) is 4.92 Å². The van der Waals surface area contributed by atoms with E-state index in [1.807, 2.05) is 0 Å². The number of nitro benzene ring substituents is 1. The molecular formula is C12H6Cl2FNO3. The van der Waals surface area contributed by atoms with Gasteiger partial charge in [-0.3, -0.25) is 10.1 Å². The average molecular weight is 302 g/mol. The number of non-ortho nitro benzene ring substituents is 1. The molecule has 7 heteroatoms. The highest BCUT2D eigenvalue weighted by Gasteiger charge is 2.14. The van der Waals surface area contributed by atoms with Crippen molar-refractivity contribution in [3.8, 4) is 11.5 Å². The van der Waals surface area contributed by atoms with Crippen LogP contribution in [0.15, 0.2) is 36.4 Å². The predicted molar refractivity (Wildman–Crippen MR) is 69.6 cm³/mol. The Kier molecular flexibility index (Phi) is 3.87. The maximum Gasteiger partial charge on any atom is 0.272 e. The lowest BCUT2D eigenvalue weighted by Gasteiger charge is -2.09. The first-order chi connectivity index (χ1) is 8.99. The molecule has 0 fully saturated rings. The van der Waals surface area contributed by atoms with Crippen molar-refractivity contribution in [2.45, 2.75) is 0 Å². The molecule has 0 bridgehead atoms. The van der Waals surface area contributed by atoms with Gasteiger partial charge < -0.3 is 4.74 Å². The lowest BCUT2D eigenvalue weighted by atomic mass is 10.3. The number of halogens is 3. The van der Waals surface area contributed by atoms with Gasteiger partial charge in [0.05, 0.1) is 21.0 Å². The van der Waals surface area contributed by atoms with E-state index < -0.39 is 10.7 Å². The molecule has 0 N–H and O–H groups in total. The third-order valence-corrected chi connectivity index (χ3v) is 2.85. The summed E-state index contributed by atoms with van der Waals surface area (Å²) >= 11 is 11.7. The standard InChI is InChI=1S/C12H6Cl2FNO3/c13-8-2-1-3-9(14)12(8)19-11-5-4-7(16(17)18)6-10(11)15/h1-6H. The zero-order valence-corrected chi connectivity index (χ0v) is 10.8. The number of nitro groups is 1. The summed E-state index contributed by atoms with van der Waals surface area (Å²) in [6.07, 6.45) is 0. The first-order valence-electron chi connectivity index (χ1n) is 5.05. The van der Waals surface area contributed by atoms with Crippen LogP contribution in [0.5, 0.6) is 11.5 Å².